The van der Waals surface area contributed by atoms with Gasteiger partial charge in [0.2, 0.25) is 0 Å². The van der Waals surface area contributed by atoms with E-state index in [2.05, 4.69) is 4.90 Å². The highest BCUT2D eigenvalue weighted by atomic mass is 19.1. The first-order valence-corrected chi connectivity index (χ1v) is 5.63. The summed E-state index contributed by atoms with van der Waals surface area (Å²) in [6, 6.07) is 6.45. The summed E-state index contributed by atoms with van der Waals surface area (Å²) in [5.74, 6) is -0.667. The van der Waals surface area contributed by atoms with Crippen molar-refractivity contribution >= 4 is 5.97 Å². The maximum Gasteiger partial charge on any atom is 0.310 e. The number of hydrogen-bond donors (Lipinski definition) is 0. The van der Waals surface area contributed by atoms with E-state index in [1.165, 1.54) is 19.2 Å². The number of methoxy groups -OCH3 is 1. The second-order valence-electron chi connectivity index (χ2n) is 4.51. The average molecular weight is 237 g/mol. The molecule has 4 heteroatoms. The minimum Gasteiger partial charge on any atom is -0.469 e. The maximum atomic E-state index is 13.2. The van der Waals surface area contributed by atoms with Gasteiger partial charge in [0.15, 0.2) is 0 Å². The van der Waals surface area contributed by atoms with E-state index >= 15 is 0 Å². The predicted molar refractivity (Wildman–Crippen MR) is 62.1 cm³/mol. The molecule has 1 heterocycles. The monoisotopic (exact) mass is 237 g/mol. The van der Waals surface area contributed by atoms with Crippen molar-refractivity contribution in [3.8, 4) is 0 Å². The van der Waals surface area contributed by atoms with Crippen molar-refractivity contribution in [2.45, 2.75) is 5.92 Å². The number of rotatable bonds is 2. The molecule has 92 valence electrons. The minimum absolute atomic E-state index is 0.0168. The fraction of sp³-hybridized carbons (Fsp3) is 0.462. The van der Waals surface area contributed by atoms with Gasteiger partial charge in [-0.2, -0.15) is 0 Å². The summed E-state index contributed by atoms with van der Waals surface area (Å²) < 4.78 is 18.0. The van der Waals surface area contributed by atoms with Crippen molar-refractivity contribution in [3.05, 3.63) is 35.6 Å². The second kappa shape index (κ2) is 4.84. The van der Waals surface area contributed by atoms with E-state index in [-0.39, 0.29) is 23.6 Å². The van der Waals surface area contributed by atoms with Crippen LogP contribution in [0.2, 0.25) is 0 Å². The predicted octanol–water partition coefficient (Wildman–Crippen LogP) is 1.64. The third kappa shape index (κ3) is 2.47. The molecule has 2 atom stereocenters. The average Bonchev–Trinajstić information content (AvgIpc) is 2.70. The largest absolute Gasteiger partial charge is 0.469 e. The lowest BCUT2D eigenvalue weighted by atomic mass is 9.89. The number of ether oxygens (including phenoxy) is 1. The second-order valence-corrected chi connectivity index (χ2v) is 4.51. The van der Waals surface area contributed by atoms with Crippen molar-refractivity contribution in [2.75, 3.05) is 27.2 Å². The molecule has 1 aromatic carbocycles. The topological polar surface area (TPSA) is 29.5 Å². The molecule has 17 heavy (non-hydrogen) atoms. The fourth-order valence-corrected chi connectivity index (χ4v) is 2.47. The molecule has 0 spiro atoms. The van der Waals surface area contributed by atoms with E-state index in [9.17, 15) is 9.18 Å². The van der Waals surface area contributed by atoms with E-state index in [1.807, 2.05) is 13.1 Å². The molecule has 0 amide bonds. The smallest absolute Gasteiger partial charge is 0.310 e. The van der Waals surface area contributed by atoms with Crippen LogP contribution in [0.4, 0.5) is 4.39 Å². The first-order chi connectivity index (χ1) is 8.11. The van der Waals surface area contributed by atoms with Gasteiger partial charge in [-0.15, -0.1) is 0 Å². The number of benzene rings is 1. The van der Waals surface area contributed by atoms with Crippen LogP contribution in [0.5, 0.6) is 0 Å². The van der Waals surface area contributed by atoms with Gasteiger partial charge in [0, 0.05) is 19.0 Å². The normalized spacial score (nSPS) is 24.9. The van der Waals surface area contributed by atoms with Gasteiger partial charge in [0.05, 0.1) is 13.0 Å². The van der Waals surface area contributed by atoms with Crippen LogP contribution in [-0.2, 0) is 9.53 Å². The van der Waals surface area contributed by atoms with Crippen molar-refractivity contribution in [1.29, 1.82) is 0 Å². The number of nitrogens with zero attached hydrogens (tertiary/aromatic N) is 1. The lowest BCUT2D eigenvalue weighted by Gasteiger charge is -2.16. The third-order valence-electron chi connectivity index (χ3n) is 3.28. The molecule has 0 aliphatic carbocycles. The summed E-state index contributed by atoms with van der Waals surface area (Å²) in [4.78, 5) is 13.8. The van der Waals surface area contributed by atoms with E-state index in [1.54, 1.807) is 6.07 Å². The molecule has 1 fully saturated rings. The quantitative estimate of drug-likeness (QED) is 0.732. The van der Waals surface area contributed by atoms with Gasteiger partial charge < -0.3 is 9.64 Å². The Kier molecular flexibility index (Phi) is 3.43. The van der Waals surface area contributed by atoms with Gasteiger partial charge in [-0.1, -0.05) is 12.1 Å². The summed E-state index contributed by atoms with van der Waals surface area (Å²) in [7, 11) is 3.35. The van der Waals surface area contributed by atoms with Crippen LogP contribution >= 0.6 is 0 Å². The molecule has 0 saturated carbocycles. The van der Waals surface area contributed by atoms with Gasteiger partial charge in [-0.3, -0.25) is 4.79 Å². The maximum absolute atomic E-state index is 13.2. The summed E-state index contributed by atoms with van der Waals surface area (Å²) in [6.07, 6.45) is 0. The van der Waals surface area contributed by atoms with Crippen molar-refractivity contribution in [2.24, 2.45) is 5.92 Å². The number of carbonyl (C=O) groups is 1. The van der Waals surface area contributed by atoms with Crippen LogP contribution in [0.3, 0.4) is 0 Å². The number of hydrogen-bond acceptors (Lipinski definition) is 3. The molecular weight excluding hydrogens is 221 g/mol. The molecule has 0 bridgehead atoms. The van der Waals surface area contributed by atoms with Crippen LogP contribution in [0, 0.1) is 11.7 Å². The highest BCUT2D eigenvalue weighted by Gasteiger charge is 2.37. The lowest BCUT2D eigenvalue weighted by Crippen LogP contribution is -2.23. The molecule has 0 aromatic heterocycles. The van der Waals surface area contributed by atoms with Gasteiger partial charge >= 0.3 is 5.97 Å². The molecule has 3 nitrogen and oxygen atoms in total. The van der Waals surface area contributed by atoms with Crippen molar-refractivity contribution < 1.29 is 13.9 Å². The number of carbonyl (C=O) groups excluding carboxylic acids is 1. The Morgan fingerprint density at radius 3 is 2.88 bits per heavy atom. The molecule has 0 unspecified atom stereocenters. The van der Waals surface area contributed by atoms with E-state index in [4.69, 9.17) is 4.74 Å². The first kappa shape index (κ1) is 12.0. The molecule has 1 aromatic rings. The SMILES string of the molecule is COC(=O)[C@@H]1CN(C)C[C@@H]1c1cccc(F)c1. The van der Waals surface area contributed by atoms with Crippen LogP contribution in [0.15, 0.2) is 24.3 Å². The number of esters is 1. The number of halogens is 1. The minimum atomic E-state index is -0.263. The zero-order valence-corrected chi connectivity index (χ0v) is 10.0. The highest BCUT2D eigenvalue weighted by molar-refractivity contribution is 5.74. The van der Waals surface area contributed by atoms with E-state index in [0.717, 1.165) is 12.1 Å². The van der Waals surface area contributed by atoms with Gasteiger partial charge in [-0.05, 0) is 24.7 Å². The van der Waals surface area contributed by atoms with E-state index < -0.39 is 0 Å². The Morgan fingerprint density at radius 2 is 2.24 bits per heavy atom. The molecule has 0 radical (unpaired) electrons. The number of likely N-dealkylation sites (N-methyl/N-ethyl adjacent to an activating group) is 1. The summed E-state index contributed by atoms with van der Waals surface area (Å²) in [5.41, 5.74) is 0.866. The first-order valence-electron chi connectivity index (χ1n) is 5.63. The van der Waals surface area contributed by atoms with Gasteiger partial charge in [-0.25, -0.2) is 4.39 Å². The number of likely N-dealkylation sites (tertiary alicyclic amines) is 1. The summed E-state index contributed by atoms with van der Waals surface area (Å²) >= 11 is 0. The Morgan fingerprint density at radius 1 is 1.47 bits per heavy atom. The standard InChI is InChI=1S/C13H16FNO2/c1-15-7-11(12(8-15)13(16)17-2)9-4-3-5-10(14)6-9/h3-6,11-12H,7-8H2,1-2H3/t11-,12-/m1/s1. The molecule has 2 rings (SSSR count). The summed E-state index contributed by atoms with van der Waals surface area (Å²) in [5, 5.41) is 0. The Bertz CT molecular complexity index is 422. The van der Waals surface area contributed by atoms with E-state index in [0.29, 0.717) is 6.54 Å². The van der Waals surface area contributed by atoms with Gasteiger partial charge in [0.25, 0.3) is 0 Å². The highest BCUT2D eigenvalue weighted by Crippen LogP contribution is 2.32. The molecule has 1 saturated heterocycles. The molecule has 1 aliphatic heterocycles. The van der Waals surface area contributed by atoms with Crippen molar-refractivity contribution in [1.82, 2.24) is 4.90 Å². The fourth-order valence-electron chi connectivity index (χ4n) is 2.47. The summed E-state index contributed by atoms with van der Waals surface area (Å²) in [6.45, 7) is 1.41. The Balaban J connectivity index is 2.26. The molecule has 0 N–H and O–H groups in total. The molecule has 1 aliphatic rings. The lowest BCUT2D eigenvalue weighted by molar-refractivity contribution is -0.145. The zero-order chi connectivity index (χ0) is 12.4. The van der Waals surface area contributed by atoms with Gasteiger partial charge in [0.1, 0.15) is 5.82 Å². The van der Waals surface area contributed by atoms with Crippen LogP contribution in [0.1, 0.15) is 11.5 Å². The van der Waals surface area contributed by atoms with Crippen LogP contribution < -0.4 is 0 Å². The Hall–Kier alpha value is -1.42. The third-order valence-corrected chi connectivity index (χ3v) is 3.28. The Labute approximate surface area is 100 Å². The van der Waals surface area contributed by atoms with Crippen LogP contribution in [0.25, 0.3) is 0 Å². The molecular formula is C13H16FNO2. The van der Waals surface area contributed by atoms with Crippen molar-refractivity contribution in [3.63, 3.8) is 0 Å². The zero-order valence-electron chi connectivity index (χ0n) is 10.0. The van der Waals surface area contributed by atoms with Crippen LogP contribution in [-0.4, -0.2) is 38.1 Å².